The summed E-state index contributed by atoms with van der Waals surface area (Å²) in [7, 11) is 0. The number of aromatic nitrogens is 2. The maximum absolute atomic E-state index is 13.9. The molecule has 0 saturated heterocycles. The van der Waals surface area contributed by atoms with Gasteiger partial charge in [-0.25, -0.2) is 14.4 Å². The van der Waals surface area contributed by atoms with Gasteiger partial charge in [-0.05, 0) is 12.8 Å². The van der Waals surface area contributed by atoms with Crippen LogP contribution in [0.15, 0.2) is 6.33 Å². The summed E-state index contributed by atoms with van der Waals surface area (Å²) in [6, 6.07) is 0.335. The Morgan fingerprint density at radius 3 is 2.76 bits per heavy atom. The lowest BCUT2D eigenvalue weighted by molar-refractivity contribution is 0.116. The summed E-state index contributed by atoms with van der Waals surface area (Å²) in [5.41, 5.74) is 6.35. The van der Waals surface area contributed by atoms with Crippen LogP contribution in [0.2, 0.25) is 0 Å². The van der Waals surface area contributed by atoms with E-state index in [0.29, 0.717) is 17.9 Å². The maximum atomic E-state index is 13.9. The van der Waals surface area contributed by atoms with Gasteiger partial charge < -0.3 is 11.1 Å². The molecule has 2 atom stereocenters. The predicted molar refractivity (Wildman–Crippen MR) is 65.2 cm³/mol. The van der Waals surface area contributed by atoms with Crippen LogP contribution >= 0.6 is 0 Å². The first kappa shape index (κ1) is 12.2. The normalized spacial score (nSPS) is 26.4. The van der Waals surface area contributed by atoms with Crippen LogP contribution in [0.3, 0.4) is 0 Å². The van der Waals surface area contributed by atoms with Crippen molar-refractivity contribution in [1.82, 2.24) is 9.97 Å². The van der Waals surface area contributed by atoms with Gasteiger partial charge in [0.1, 0.15) is 6.33 Å². The monoisotopic (exact) mass is 238 g/mol. The smallest absolute Gasteiger partial charge is 0.186 e. The lowest BCUT2D eigenvalue weighted by atomic mass is 9.63. The van der Waals surface area contributed by atoms with Gasteiger partial charge in [-0.15, -0.1) is 0 Å². The van der Waals surface area contributed by atoms with Crippen molar-refractivity contribution in [1.29, 1.82) is 0 Å². The van der Waals surface area contributed by atoms with Gasteiger partial charge in [0.2, 0.25) is 0 Å². The van der Waals surface area contributed by atoms with E-state index in [1.54, 1.807) is 0 Å². The van der Waals surface area contributed by atoms with Crippen molar-refractivity contribution in [3.63, 3.8) is 0 Å². The van der Waals surface area contributed by atoms with Crippen molar-refractivity contribution < 1.29 is 4.39 Å². The topological polar surface area (TPSA) is 63.8 Å². The number of nitrogens with two attached hydrogens (primary N) is 1. The van der Waals surface area contributed by atoms with Crippen LogP contribution < -0.4 is 11.1 Å². The highest BCUT2D eigenvalue weighted by Crippen LogP contribution is 2.40. The van der Waals surface area contributed by atoms with Crippen LogP contribution in [0.25, 0.3) is 0 Å². The van der Waals surface area contributed by atoms with E-state index in [9.17, 15) is 4.39 Å². The lowest BCUT2D eigenvalue weighted by Gasteiger charge is -2.50. The SMILES string of the molecule is CCc1ncnc(NC2CC(N)C2(C)C)c1F. The summed E-state index contributed by atoms with van der Waals surface area (Å²) in [6.07, 6.45) is 2.81. The van der Waals surface area contributed by atoms with Crippen LogP contribution in [0.4, 0.5) is 10.2 Å². The second-order valence-electron chi connectivity index (χ2n) is 5.20. The largest absolute Gasteiger partial charge is 0.364 e. The molecule has 3 N–H and O–H groups in total. The quantitative estimate of drug-likeness (QED) is 0.841. The van der Waals surface area contributed by atoms with Gasteiger partial charge >= 0.3 is 0 Å². The number of hydrogen-bond acceptors (Lipinski definition) is 4. The van der Waals surface area contributed by atoms with E-state index in [4.69, 9.17) is 5.73 Å². The minimum absolute atomic E-state index is 0.0240. The summed E-state index contributed by atoms with van der Waals surface area (Å²) >= 11 is 0. The van der Waals surface area contributed by atoms with Gasteiger partial charge in [0.15, 0.2) is 11.6 Å². The molecule has 0 amide bonds. The van der Waals surface area contributed by atoms with Crippen molar-refractivity contribution in [2.75, 3.05) is 5.32 Å². The molecule has 1 fully saturated rings. The molecular formula is C12H19FN4. The second kappa shape index (κ2) is 4.22. The zero-order chi connectivity index (χ0) is 12.6. The van der Waals surface area contributed by atoms with Crippen LogP contribution in [0, 0.1) is 11.2 Å². The Labute approximate surface area is 101 Å². The first-order chi connectivity index (χ1) is 7.96. The number of nitrogens with zero attached hydrogens (tertiary/aromatic N) is 2. The van der Waals surface area contributed by atoms with Gasteiger partial charge in [0, 0.05) is 17.5 Å². The maximum Gasteiger partial charge on any atom is 0.186 e. The third-order valence-corrected chi connectivity index (χ3v) is 3.85. The Hall–Kier alpha value is -1.23. The zero-order valence-corrected chi connectivity index (χ0v) is 10.5. The molecule has 0 radical (unpaired) electrons. The summed E-state index contributed by atoms with van der Waals surface area (Å²) in [5.74, 6) is -0.0481. The van der Waals surface area contributed by atoms with Crippen LogP contribution in [-0.4, -0.2) is 22.1 Å². The Bertz CT molecular complexity index is 419. The molecule has 2 rings (SSSR count). The Balaban J connectivity index is 2.15. The standard InChI is InChI=1S/C12H19FN4/c1-4-7-10(13)11(16-6-15-7)17-9-5-8(14)12(9,2)3/h6,8-9H,4-5,14H2,1-3H3,(H,15,16,17). The first-order valence-electron chi connectivity index (χ1n) is 5.98. The molecule has 1 aliphatic carbocycles. The van der Waals surface area contributed by atoms with Crippen molar-refractivity contribution in [3.8, 4) is 0 Å². The Kier molecular flexibility index (Phi) is 3.03. The lowest BCUT2D eigenvalue weighted by Crippen LogP contribution is -2.61. The molecule has 5 heteroatoms. The van der Waals surface area contributed by atoms with Gasteiger partial charge in [-0.1, -0.05) is 20.8 Å². The fourth-order valence-corrected chi connectivity index (χ4v) is 2.12. The van der Waals surface area contributed by atoms with E-state index in [-0.39, 0.29) is 23.3 Å². The van der Waals surface area contributed by atoms with E-state index in [1.807, 2.05) is 6.92 Å². The molecule has 1 heterocycles. The highest BCUT2D eigenvalue weighted by atomic mass is 19.1. The molecule has 0 aromatic carbocycles. The highest BCUT2D eigenvalue weighted by Gasteiger charge is 2.46. The molecule has 1 saturated carbocycles. The number of hydrogen-bond donors (Lipinski definition) is 2. The van der Waals surface area contributed by atoms with Crippen LogP contribution in [0.5, 0.6) is 0 Å². The Morgan fingerprint density at radius 1 is 1.53 bits per heavy atom. The Morgan fingerprint density at radius 2 is 2.24 bits per heavy atom. The van der Waals surface area contributed by atoms with E-state index in [2.05, 4.69) is 29.1 Å². The van der Waals surface area contributed by atoms with Gasteiger partial charge in [-0.3, -0.25) is 0 Å². The second-order valence-corrected chi connectivity index (χ2v) is 5.20. The first-order valence-corrected chi connectivity index (χ1v) is 5.98. The molecule has 17 heavy (non-hydrogen) atoms. The van der Waals surface area contributed by atoms with Gasteiger partial charge in [0.05, 0.1) is 5.69 Å². The molecule has 94 valence electrons. The molecule has 2 unspecified atom stereocenters. The molecule has 1 aromatic rings. The number of rotatable bonds is 3. The molecule has 1 aromatic heterocycles. The van der Waals surface area contributed by atoms with Crippen molar-refractivity contribution in [2.45, 2.75) is 45.7 Å². The highest BCUT2D eigenvalue weighted by molar-refractivity contribution is 5.40. The summed E-state index contributed by atoms with van der Waals surface area (Å²) in [4.78, 5) is 7.87. The van der Waals surface area contributed by atoms with E-state index in [1.165, 1.54) is 6.33 Å². The molecule has 0 spiro atoms. The van der Waals surface area contributed by atoms with Gasteiger partial charge in [0.25, 0.3) is 0 Å². The number of anilines is 1. The van der Waals surface area contributed by atoms with Gasteiger partial charge in [-0.2, -0.15) is 0 Å². The average molecular weight is 238 g/mol. The molecule has 1 aliphatic rings. The van der Waals surface area contributed by atoms with Crippen molar-refractivity contribution in [3.05, 3.63) is 17.8 Å². The van der Waals surface area contributed by atoms with Crippen LogP contribution in [-0.2, 0) is 6.42 Å². The number of nitrogens with one attached hydrogen (secondary N) is 1. The fourth-order valence-electron chi connectivity index (χ4n) is 2.12. The molecule has 4 nitrogen and oxygen atoms in total. The number of aryl methyl sites for hydroxylation is 1. The minimum atomic E-state index is -0.341. The minimum Gasteiger partial charge on any atom is -0.364 e. The number of halogens is 1. The van der Waals surface area contributed by atoms with E-state index in [0.717, 1.165) is 6.42 Å². The third-order valence-electron chi connectivity index (χ3n) is 3.85. The summed E-state index contributed by atoms with van der Waals surface area (Å²) in [6.45, 7) is 6.04. The van der Waals surface area contributed by atoms with Crippen LogP contribution in [0.1, 0.15) is 32.9 Å². The third kappa shape index (κ3) is 1.99. The van der Waals surface area contributed by atoms with Crippen molar-refractivity contribution >= 4 is 5.82 Å². The fraction of sp³-hybridized carbons (Fsp3) is 0.667. The summed E-state index contributed by atoms with van der Waals surface area (Å²) in [5, 5.41) is 3.14. The van der Waals surface area contributed by atoms with Crippen molar-refractivity contribution in [2.24, 2.45) is 11.1 Å². The van der Waals surface area contributed by atoms with E-state index < -0.39 is 0 Å². The predicted octanol–water partition coefficient (Wildman–Crippen LogP) is 1.72. The molecule has 0 aliphatic heterocycles. The van der Waals surface area contributed by atoms with E-state index >= 15 is 0 Å². The molecular weight excluding hydrogens is 219 g/mol. The zero-order valence-electron chi connectivity index (χ0n) is 10.5. The molecule has 0 bridgehead atoms. The summed E-state index contributed by atoms with van der Waals surface area (Å²) < 4.78 is 13.9. The average Bonchev–Trinajstić information content (AvgIpc) is 2.31.